The monoisotopic (exact) mass is 378 g/mol. The van der Waals surface area contributed by atoms with Crippen LogP contribution in [-0.4, -0.2) is 26.9 Å². The van der Waals surface area contributed by atoms with Gasteiger partial charge >= 0.3 is 0 Å². The first-order valence-electron chi connectivity index (χ1n) is 9.31. The van der Waals surface area contributed by atoms with Crippen molar-refractivity contribution < 1.29 is 9.26 Å². The molecule has 3 heterocycles. The van der Waals surface area contributed by atoms with Crippen LogP contribution in [0.25, 0.3) is 28.2 Å². The molecule has 4 rings (SSSR count). The fourth-order valence-electron chi connectivity index (χ4n) is 3.45. The molecular formula is C21H22N4O3. The Bertz CT molecular complexity index is 1180. The minimum absolute atomic E-state index is 0.173. The van der Waals surface area contributed by atoms with Crippen molar-refractivity contribution in [1.82, 2.24) is 19.8 Å². The van der Waals surface area contributed by atoms with Crippen LogP contribution in [0.1, 0.15) is 30.9 Å². The highest BCUT2D eigenvalue weighted by molar-refractivity contribution is 5.73. The number of rotatable bonds is 5. The Hall–Kier alpha value is -3.35. The molecule has 3 aromatic heterocycles. The Morgan fingerprint density at radius 3 is 2.57 bits per heavy atom. The lowest BCUT2D eigenvalue weighted by molar-refractivity contribution is 0.381. The molecule has 28 heavy (non-hydrogen) atoms. The molecule has 0 unspecified atom stereocenters. The van der Waals surface area contributed by atoms with E-state index in [2.05, 4.69) is 10.3 Å². The quantitative estimate of drug-likeness (QED) is 0.571. The molecule has 0 amide bonds. The van der Waals surface area contributed by atoms with Gasteiger partial charge in [0.05, 0.1) is 29.8 Å². The number of ether oxygens (including phenoxy) is 1. The van der Waals surface area contributed by atoms with Crippen molar-refractivity contribution in [2.75, 3.05) is 7.11 Å². The van der Waals surface area contributed by atoms with Crippen LogP contribution in [0, 0.1) is 6.92 Å². The molecule has 0 saturated carbocycles. The highest BCUT2D eigenvalue weighted by Crippen LogP contribution is 2.29. The second kappa shape index (κ2) is 6.99. The summed E-state index contributed by atoms with van der Waals surface area (Å²) in [5.74, 6) is 1.53. The average Bonchev–Trinajstić information content (AvgIpc) is 3.29. The summed E-state index contributed by atoms with van der Waals surface area (Å²) in [5.41, 5.74) is 5.37. The van der Waals surface area contributed by atoms with Crippen molar-refractivity contribution in [3.05, 3.63) is 57.7 Å². The molecule has 1 aromatic carbocycles. The molecule has 0 fully saturated rings. The predicted molar refractivity (Wildman–Crippen MR) is 107 cm³/mol. The summed E-state index contributed by atoms with van der Waals surface area (Å²) in [6, 6.07) is 9.21. The number of H-pyrrole nitrogens is 1. The summed E-state index contributed by atoms with van der Waals surface area (Å²) in [4.78, 5) is 17.6. The smallest absolute Gasteiger partial charge is 0.273 e. The minimum atomic E-state index is -0.173. The van der Waals surface area contributed by atoms with Crippen molar-refractivity contribution >= 4 is 5.65 Å². The number of methoxy groups -OCH3 is 1. The fourth-order valence-corrected chi connectivity index (χ4v) is 3.45. The lowest BCUT2D eigenvalue weighted by Gasteiger charge is -2.03. The highest BCUT2D eigenvalue weighted by Gasteiger charge is 2.20. The van der Waals surface area contributed by atoms with Crippen LogP contribution < -0.4 is 10.3 Å². The van der Waals surface area contributed by atoms with Crippen LogP contribution in [0.3, 0.4) is 0 Å². The third kappa shape index (κ3) is 2.79. The molecule has 0 bridgehead atoms. The lowest BCUT2D eigenvalue weighted by atomic mass is 10.1. The Morgan fingerprint density at radius 1 is 1.18 bits per heavy atom. The zero-order valence-corrected chi connectivity index (χ0v) is 16.4. The molecule has 144 valence electrons. The minimum Gasteiger partial charge on any atom is -0.497 e. The van der Waals surface area contributed by atoms with E-state index in [9.17, 15) is 4.79 Å². The van der Waals surface area contributed by atoms with Crippen LogP contribution >= 0.6 is 0 Å². The molecule has 0 radical (unpaired) electrons. The second-order valence-corrected chi connectivity index (χ2v) is 6.61. The van der Waals surface area contributed by atoms with Crippen molar-refractivity contribution in [2.24, 2.45) is 0 Å². The molecule has 0 saturated heterocycles. The Labute approximate surface area is 162 Å². The normalized spacial score (nSPS) is 11.3. The number of benzene rings is 1. The van der Waals surface area contributed by atoms with E-state index in [-0.39, 0.29) is 5.56 Å². The number of hydrogen-bond acceptors (Lipinski definition) is 5. The molecule has 7 heteroatoms. The maximum absolute atomic E-state index is 12.8. The van der Waals surface area contributed by atoms with Gasteiger partial charge in [-0.25, -0.2) is 9.50 Å². The first-order valence-corrected chi connectivity index (χ1v) is 9.31. The molecule has 0 atom stereocenters. The van der Waals surface area contributed by atoms with E-state index in [1.807, 2.05) is 45.0 Å². The molecule has 0 aliphatic heterocycles. The zero-order valence-electron chi connectivity index (χ0n) is 16.4. The third-order valence-corrected chi connectivity index (χ3v) is 4.98. The molecule has 0 spiro atoms. The van der Waals surface area contributed by atoms with Crippen LogP contribution in [0.4, 0.5) is 0 Å². The summed E-state index contributed by atoms with van der Waals surface area (Å²) < 4.78 is 12.1. The fraction of sp³-hybridized carbons (Fsp3) is 0.286. The average molecular weight is 378 g/mol. The topological polar surface area (TPSA) is 85.4 Å². The molecular weight excluding hydrogens is 356 g/mol. The number of nitrogens with zero attached hydrogens (tertiary/aromatic N) is 3. The van der Waals surface area contributed by atoms with Gasteiger partial charge in [-0.1, -0.05) is 19.0 Å². The largest absolute Gasteiger partial charge is 0.497 e. The zero-order chi connectivity index (χ0) is 19.8. The number of nitrogens with one attached hydrogen (secondary N) is 1. The Kier molecular flexibility index (Phi) is 4.50. The third-order valence-electron chi connectivity index (χ3n) is 4.98. The van der Waals surface area contributed by atoms with Gasteiger partial charge < -0.3 is 9.26 Å². The number of aryl methyl sites for hydroxylation is 3. The summed E-state index contributed by atoms with van der Waals surface area (Å²) in [5, 5.41) is 7.32. The molecule has 0 aliphatic carbocycles. The van der Waals surface area contributed by atoms with Crippen LogP contribution in [0.2, 0.25) is 0 Å². The van der Waals surface area contributed by atoms with Gasteiger partial charge in [0.25, 0.3) is 5.56 Å². The van der Waals surface area contributed by atoms with Gasteiger partial charge in [-0.2, -0.15) is 0 Å². The Morgan fingerprint density at radius 2 is 1.93 bits per heavy atom. The lowest BCUT2D eigenvalue weighted by Crippen LogP contribution is -2.14. The molecule has 0 aliphatic rings. The van der Waals surface area contributed by atoms with E-state index in [1.54, 1.807) is 7.11 Å². The van der Waals surface area contributed by atoms with Crippen molar-refractivity contribution in [2.45, 2.75) is 33.6 Å². The van der Waals surface area contributed by atoms with Gasteiger partial charge in [-0.3, -0.25) is 9.89 Å². The summed E-state index contributed by atoms with van der Waals surface area (Å²) in [6.45, 7) is 5.96. The van der Waals surface area contributed by atoms with Gasteiger partial charge in [-0.05, 0) is 37.6 Å². The summed E-state index contributed by atoms with van der Waals surface area (Å²) in [7, 11) is 1.63. The van der Waals surface area contributed by atoms with Gasteiger partial charge in [0.2, 0.25) is 0 Å². The number of aromatic nitrogens is 4. The molecule has 4 aromatic rings. The van der Waals surface area contributed by atoms with E-state index in [4.69, 9.17) is 14.2 Å². The molecule has 1 N–H and O–H groups in total. The number of aromatic amines is 1. The van der Waals surface area contributed by atoms with E-state index in [1.165, 1.54) is 10.6 Å². The van der Waals surface area contributed by atoms with Crippen LogP contribution in [0.5, 0.6) is 5.75 Å². The highest BCUT2D eigenvalue weighted by atomic mass is 16.5. The van der Waals surface area contributed by atoms with Gasteiger partial charge in [-0.15, -0.1) is 0 Å². The van der Waals surface area contributed by atoms with Crippen molar-refractivity contribution in [1.29, 1.82) is 0 Å². The first kappa shape index (κ1) is 18.0. The predicted octanol–water partition coefficient (Wildman–Crippen LogP) is 3.79. The summed E-state index contributed by atoms with van der Waals surface area (Å²) >= 11 is 0. The van der Waals surface area contributed by atoms with Gasteiger partial charge in [0.1, 0.15) is 11.5 Å². The van der Waals surface area contributed by atoms with E-state index in [0.29, 0.717) is 24.2 Å². The maximum Gasteiger partial charge on any atom is 0.273 e. The summed E-state index contributed by atoms with van der Waals surface area (Å²) in [6.07, 6.45) is 1.40. The van der Waals surface area contributed by atoms with E-state index >= 15 is 0 Å². The Balaban J connectivity index is 1.91. The standard InChI is InChI=1S/C21H22N4O3/c1-5-15-19(17(6-2)28-24-15)16-11-18(26)25-21(22-16)12(3)20(23-25)13-7-9-14(27-4)10-8-13/h7-11,23H,5-6H2,1-4H3. The second-order valence-electron chi connectivity index (χ2n) is 6.61. The number of hydrogen-bond donors (Lipinski definition) is 1. The van der Waals surface area contributed by atoms with Gasteiger partial charge in [0, 0.05) is 23.6 Å². The van der Waals surface area contributed by atoms with Crippen LogP contribution in [0.15, 0.2) is 39.6 Å². The van der Waals surface area contributed by atoms with Crippen molar-refractivity contribution in [3.8, 4) is 28.3 Å². The molecule has 7 nitrogen and oxygen atoms in total. The first-order chi connectivity index (χ1) is 13.6. The van der Waals surface area contributed by atoms with Gasteiger partial charge in [0.15, 0.2) is 5.65 Å². The van der Waals surface area contributed by atoms with Crippen molar-refractivity contribution in [3.63, 3.8) is 0 Å². The van der Waals surface area contributed by atoms with Crippen LogP contribution in [-0.2, 0) is 12.8 Å². The van der Waals surface area contributed by atoms with E-state index in [0.717, 1.165) is 39.6 Å². The SMILES string of the molecule is CCc1noc(CC)c1-c1cc(=O)n2[nH]c(-c3ccc(OC)cc3)c(C)c2n1. The van der Waals surface area contributed by atoms with E-state index < -0.39 is 0 Å². The number of fused-ring (bicyclic) bond motifs is 1. The maximum atomic E-state index is 12.8.